The Hall–Kier alpha value is -2.05. The van der Waals surface area contributed by atoms with E-state index in [0.717, 1.165) is 4.90 Å². The maximum atomic E-state index is 11.5. The Bertz CT molecular complexity index is 343. The van der Waals surface area contributed by atoms with Crippen molar-refractivity contribution in [3.63, 3.8) is 0 Å². The van der Waals surface area contributed by atoms with Gasteiger partial charge in [0.1, 0.15) is 13.2 Å². The average molecular weight is 272 g/mol. The predicted molar refractivity (Wildman–Crippen MR) is 68.7 cm³/mol. The van der Waals surface area contributed by atoms with E-state index >= 15 is 0 Å². The van der Waals surface area contributed by atoms with Gasteiger partial charge in [-0.2, -0.15) is 0 Å². The first-order valence-electron chi connectivity index (χ1n) is 5.83. The van der Waals surface area contributed by atoms with E-state index in [1.165, 1.54) is 18.0 Å². The fraction of sp³-hybridized carbons (Fsp3) is 0.583. The van der Waals surface area contributed by atoms with Crippen LogP contribution in [0.4, 0.5) is 4.79 Å². The van der Waals surface area contributed by atoms with Gasteiger partial charge >= 0.3 is 12.1 Å². The van der Waals surface area contributed by atoms with E-state index in [1.54, 1.807) is 7.05 Å². The van der Waals surface area contributed by atoms with Crippen LogP contribution in [0.1, 0.15) is 12.8 Å². The van der Waals surface area contributed by atoms with Crippen LogP contribution < -0.4 is 0 Å². The third kappa shape index (κ3) is 7.80. The quantitative estimate of drug-likeness (QED) is 0.652. The molecule has 0 spiro atoms. The summed E-state index contributed by atoms with van der Waals surface area (Å²) in [7, 11) is 3.00. The number of hydrogen-bond donors (Lipinski definition) is 1. The van der Waals surface area contributed by atoms with Crippen molar-refractivity contribution in [2.45, 2.75) is 12.8 Å². The number of hydrogen-bond acceptors (Lipinski definition) is 4. The molecule has 1 N–H and O–H groups in total. The number of carboxylic acids is 1. The summed E-state index contributed by atoms with van der Waals surface area (Å²) in [4.78, 5) is 35.8. The normalized spacial score (nSPS) is 9.58. The van der Waals surface area contributed by atoms with Crippen LogP contribution in [0, 0.1) is 0 Å². The summed E-state index contributed by atoms with van der Waals surface area (Å²) in [6, 6.07) is 0. The highest BCUT2D eigenvalue weighted by Crippen LogP contribution is 1.99. The van der Waals surface area contributed by atoms with E-state index in [4.69, 9.17) is 9.84 Å². The highest BCUT2D eigenvalue weighted by molar-refractivity contribution is 5.81. The monoisotopic (exact) mass is 272 g/mol. The van der Waals surface area contributed by atoms with Crippen LogP contribution in [0.25, 0.3) is 0 Å². The summed E-state index contributed by atoms with van der Waals surface area (Å²) in [6.45, 7) is 3.61. The van der Waals surface area contributed by atoms with E-state index < -0.39 is 12.1 Å². The average Bonchev–Trinajstić information content (AvgIpc) is 2.34. The minimum Gasteiger partial charge on any atom is -0.480 e. The first-order chi connectivity index (χ1) is 8.88. The fourth-order valence-corrected chi connectivity index (χ4v) is 1.28. The van der Waals surface area contributed by atoms with Gasteiger partial charge in [0, 0.05) is 27.1 Å². The van der Waals surface area contributed by atoms with Crippen molar-refractivity contribution < 1.29 is 24.2 Å². The molecule has 2 amide bonds. The Labute approximate surface area is 112 Å². The van der Waals surface area contributed by atoms with Crippen LogP contribution >= 0.6 is 0 Å². The maximum Gasteiger partial charge on any atom is 0.409 e. The Morgan fingerprint density at radius 3 is 2.42 bits per heavy atom. The topological polar surface area (TPSA) is 87.2 Å². The van der Waals surface area contributed by atoms with E-state index in [9.17, 15) is 14.4 Å². The van der Waals surface area contributed by atoms with Crippen molar-refractivity contribution in [3.05, 3.63) is 12.7 Å². The second kappa shape index (κ2) is 8.96. The fourth-order valence-electron chi connectivity index (χ4n) is 1.28. The van der Waals surface area contributed by atoms with Gasteiger partial charge in [0.05, 0.1) is 0 Å². The second-order valence-electron chi connectivity index (χ2n) is 4.03. The number of carbonyl (C=O) groups is 3. The van der Waals surface area contributed by atoms with E-state index in [2.05, 4.69) is 6.58 Å². The lowest BCUT2D eigenvalue weighted by molar-refractivity contribution is -0.143. The number of carboxylic acid groups (broad SMARTS) is 1. The van der Waals surface area contributed by atoms with Gasteiger partial charge in [0.15, 0.2) is 0 Å². The highest BCUT2D eigenvalue weighted by atomic mass is 16.6. The molecule has 0 fully saturated rings. The number of aliphatic carboxylic acids is 1. The molecule has 7 nitrogen and oxygen atoms in total. The molecule has 0 unspecified atom stereocenters. The lowest BCUT2D eigenvalue weighted by Gasteiger charge is -2.18. The second-order valence-corrected chi connectivity index (χ2v) is 4.03. The van der Waals surface area contributed by atoms with Crippen molar-refractivity contribution in [1.29, 1.82) is 0 Å². The summed E-state index contributed by atoms with van der Waals surface area (Å²) in [6.07, 6.45) is 1.62. The Balaban J connectivity index is 3.89. The highest BCUT2D eigenvalue weighted by Gasteiger charge is 2.13. The summed E-state index contributed by atoms with van der Waals surface area (Å²) in [5.41, 5.74) is 0. The summed E-state index contributed by atoms with van der Waals surface area (Å²) in [5.74, 6) is -1.32. The Morgan fingerprint density at radius 1 is 1.26 bits per heavy atom. The van der Waals surface area contributed by atoms with E-state index in [-0.39, 0.29) is 25.5 Å². The zero-order valence-electron chi connectivity index (χ0n) is 11.3. The minimum absolute atomic E-state index is 0.142. The molecule has 0 aliphatic rings. The summed E-state index contributed by atoms with van der Waals surface area (Å²) in [5, 5.41) is 8.53. The predicted octanol–water partition coefficient (Wildman–Crippen LogP) is 0.564. The van der Waals surface area contributed by atoms with Gasteiger partial charge < -0.3 is 19.6 Å². The van der Waals surface area contributed by atoms with Crippen molar-refractivity contribution in [3.8, 4) is 0 Å². The number of rotatable bonds is 8. The van der Waals surface area contributed by atoms with E-state index in [1.807, 2.05) is 0 Å². The minimum atomic E-state index is -1.05. The van der Waals surface area contributed by atoms with Crippen LogP contribution in [0.15, 0.2) is 12.7 Å². The van der Waals surface area contributed by atoms with E-state index in [0.29, 0.717) is 13.0 Å². The molecular weight excluding hydrogens is 252 g/mol. The standard InChI is InChI=1S/C12H20N2O5/c1-4-8-19-12(18)13(2)7-5-6-10(15)14(3)9-11(16)17/h4H,1,5-9H2,2-3H3,(H,16,17). The number of ether oxygens (including phenoxy) is 1. The molecule has 0 saturated carbocycles. The molecule has 0 bridgehead atoms. The SMILES string of the molecule is C=CCOC(=O)N(C)CCCC(=O)N(C)CC(=O)O. The maximum absolute atomic E-state index is 11.5. The molecule has 0 aliphatic heterocycles. The van der Waals surface area contributed by atoms with Crippen LogP contribution in [0.2, 0.25) is 0 Å². The largest absolute Gasteiger partial charge is 0.480 e. The molecule has 7 heteroatoms. The van der Waals surface area contributed by atoms with Crippen LogP contribution in [0.3, 0.4) is 0 Å². The van der Waals surface area contributed by atoms with Crippen molar-refractivity contribution >= 4 is 18.0 Å². The zero-order valence-corrected chi connectivity index (χ0v) is 11.3. The van der Waals surface area contributed by atoms with Gasteiger partial charge in [-0.1, -0.05) is 12.7 Å². The van der Waals surface area contributed by atoms with Gasteiger partial charge in [-0.25, -0.2) is 4.79 Å². The van der Waals surface area contributed by atoms with Gasteiger partial charge in [0.2, 0.25) is 5.91 Å². The van der Waals surface area contributed by atoms with Crippen molar-refractivity contribution in [1.82, 2.24) is 9.80 Å². The Morgan fingerprint density at radius 2 is 1.89 bits per heavy atom. The first-order valence-corrected chi connectivity index (χ1v) is 5.83. The third-order valence-corrected chi connectivity index (χ3v) is 2.32. The van der Waals surface area contributed by atoms with Gasteiger partial charge in [-0.05, 0) is 6.42 Å². The van der Waals surface area contributed by atoms with Crippen molar-refractivity contribution in [2.75, 3.05) is 33.8 Å². The Kier molecular flexibility index (Phi) is 7.99. The van der Waals surface area contributed by atoms with Gasteiger partial charge in [0.25, 0.3) is 0 Å². The first kappa shape index (κ1) is 16.9. The third-order valence-electron chi connectivity index (χ3n) is 2.32. The molecule has 0 saturated heterocycles. The smallest absolute Gasteiger partial charge is 0.409 e. The number of likely N-dealkylation sites (N-methyl/N-ethyl adjacent to an activating group) is 1. The molecule has 0 atom stereocenters. The molecule has 0 radical (unpaired) electrons. The molecule has 0 heterocycles. The number of nitrogens with zero attached hydrogens (tertiary/aromatic N) is 2. The summed E-state index contributed by atoms with van der Waals surface area (Å²) >= 11 is 0. The van der Waals surface area contributed by atoms with Crippen molar-refractivity contribution in [2.24, 2.45) is 0 Å². The van der Waals surface area contributed by atoms with Gasteiger partial charge in [-0.3, -0.25) is 9.59 Å². The zero-order chi connectivity index (χ0) is 14.8. The van der Waals surface area contributed by atoms with Crippen LogP contribution in [-0.2, 0) is 14.3 Å². The molecule has 0 aliphatic carbocycles. The molecule has 108 valence electrons. The molecule has 0 rings (SSSR count). The summed E-state index contributed by atoms with van der Waals surface area (Å²) < 4.78 is 4.81. The molecule has 19 heavy (non-hydrogen) atoms. The molecular formula is C12H20N2O5. The molecule has 0 aromatic carbocycles. The molecule has 0 aromatic heterocycles. The van der Waals surface area contributed by atoms with Gasteiger partial charge in [-0.15, -0.1) is 0 Å². The number of carbonyl (C=O) groups excluding carboxylic acids is 2. The lowest BCUT2D eigenvalue weighted by Crippen LogP contribution is -2.33. The molecule has 0 aromatic rings. The lowest BCUT2D eigenvalue weighted by atomic mass is 10.2. The number of amides is 2. The van der Waals surface area contributed by atoms with Crippen LogP contribution in [0.5, 0.6) is 0 Å². The van der Waals surface area contributed by atoms with Crippen LogP contribution in [-0.4, -0.2) is 66.7 Å².